The number of piperazine rings is 1. The van der Waals surface area contributed by atoms with Gasteiger partial charge in [0.15, 0.2) is 0 Å². The lowest BCUT2D eigenvalue weighted by Gasteiger charge is -2.41. The van der Waals surface area contributed by atoms with Crippen LogP contribution < -0.4 is 5.32 Å². The summed E-state index contributed by atoms with van der Waals surface area (Å²) in [6, 6.07) is 0.401. The van der Waals surface area contributed by atoms with Gasteiger partial charge in [0.25, 0.3) is 0 Å². The first-order valence-electron chi connectivity index (χ1n) is 4.54. The third-order valence-electron chi connectivity index (χ3n) is 2.31. The predicted molar refractivity (Wildman–Crippen MR) is 48.9 cm³/mol. The summed E-state index contributed by atoms with van der Waals surface area (Å²) in [6.07, 6.45) is 0. The van der Waals surface area contributed by atoms with Crippen LogP contribution in [0.1, 0.15) is 27.7 Å². The van der Waals surface area contributed by atoms with Gasteiger partial charge in [-0.05, 0) is 27.7 Å². The highest BCUT2D eigenvalue weighted by atomic mass is 16.2. The quantitative estimate of drug-likeness (QED) is 0.625. The van der Waals surface area contributed by atoms with Gasteiger partial charge in [0, 0.05) is 19.1 Å². The Morgan fingerprint density at radius 1 is 1.67 bits per heavy atom. The van der Waals surface area contributed by atoms with Crippen molar-refractivity contribution >= 4 is 5.91 Å². The molecule has 0 radical (unpaired) electrons. The smallest absolute Gasteiger partial charge is 0.242 e. The number of carbonyl (C=O) groups excluding carboxylic acids is 1. The van der Waals surface area contributed by atoms with Crippen molar-refractivity contribution in [3.05, 3.63) is 0 Å². The number of rotatable bonds is 1. The minimum atomic E-state index is -0.381. The molecule has 0 aromatic carbocycles. The average Bonchev–Trinajstić information content (AvgIpc) is 1.96. The van der Waals surface area contributed by atoms with Crippen LogP contribution in [-0.4, -0.2) is 35.5 Å². The Bertz CT molecular complexity index is 189. The van der Waals surface area contributed by atoms with Gasteiger partial charge < -0.3 is 4.90 Å². The fourth-order valence-electron chi connectivity index (χ4n) is 1.80. The molecule has 0 aliphatic carbocycles. The number of nitrogens with zero attached hydrogens (tertiary/aromatic N) is 1. The van der Waals surface area contributed by atoms with Crippen LogP contribution in [0.15, 0.2) is 0 Å². The Morgan fingerprint density at radius 3 is 2.75 bits per heavy atom. The molecule has 0 spiro atoms. The molecule has 1 amide bonds. The number of hydrogen-bond acceptors (Lipinski definition) is 2. The van der Waals surface area contributed by atoms with E-state index in [9.17, 15) is 4.79 Å². The molecule has 1 rings (SSSR count). The SMILES string of the molecule is CCN1CC(C)NC(C)(C)C1=O. The number of nitrogens with one attached hydrogen (secondary N) is 1. The van der Waals surface area contributed by atoms with Gasteiger partial charge in [-0.25, -0.2) is 0 Å². The molecule has 1 unspecified atom stereocenters. The summed E-state index contributed by atoms with van der Waals surface area (Å²) in [6.45, 7) is 9.65. The van der Waals surface area contributed by atoms with Gasteiger partial charge in [0.1, 0.15) is 0 Å². The minimum Gasteiger partial charge on any atom is -0.340 e. The highest BCUT2D eigenvalue weighted by Crippen LogP contribution is 2.14. The molecular formula is C9H18N2O. The number of carbonyl (C=O) groups is 1. The van der Waals surface area contributed by atoms with Crippen LogP contribution in [0, 0.1) is 0 Å². The van der Waals surface area contributed by atoms with E-state index in [1.54, 1.807) is 0 Å². The molecule has 0 saturated carbocycles. The van der Waals surface area contributed by atoms with E-state index >= 15 is 0 Å². The van der Waals surface area contributed by atoms with E-state index in [4.69, 9.17) is 0 Å². The summed E-state index contributed by atoms with van der Waals surface area (Å²) in [7, 11) is 0. The second-order valence-electron chi connectivity index (χ2n) is 4.01. The second-order valence-corrected chi connectivity index (χ2v) is 4.01. The van der Waals surface area contributed by atoms with Gasteiger partial charge in [-0.3, -0.25) is 10.1 Å². The van der Waals surface area contributed by atoms with Crippen LogP contribution in [0.25, 0.3) is 0 Å². The average molecular weight is 170 g/mol. The maximum Gasteiger partial charge on any atom is 0.242 e. The Kier molecular flexibility index (Phi) is 2.42. The van der Waals surface area contributed by atoms with Gasteiger partial charge in [-0.15, -0.1) is 0 Å². The number of amides is 1. The summed E-state index contributed by atoms with van der Waals surface area (Å²) in [5.41, 5.74) is -0.381. The minimum absolute atomic E-state index is 0.211. The largest absolute Gasteiger partial charge is 0.340 e. The lowest BCUT2D eigenvalue weighted by atomic mass is 9.98. The molecule has 1 fully saturated rings. The van der Waals surface area contributed by atoms with E-state index in [1.165, 1.54) is 0 Å². The first-order valence-corrected chi connectivity index (χ1v) is 4.54. The highest BCUT2D eigenvalue weighted by Gasteiger charge is 2.37. The molecule has 1 aliphatic heterocycles. The van der Waals surface area contributed by atoms with Gasteiger partial charge in [-0.2, -0.15) is 0 Å². The molecule has 1 saturated heterocycles. The molecule has 1 aliphatic rings. The molecular weight excluding hydrogens is 152 g/mol. The van der Waals surface area contributed by atoms with Gasteiger partial charge in [0.2, 0.25) is 5.91 Å². The third kappa shape index (κ3) is 1.61. The number of likely N-dealkylation sites (N-methyl/N-ethyl adjacent to an activating group) is 1. The van der Waals surface area contributed by atoms with Crippen LogP contribution in [0.5, 0.6) is 0 Å². The zero-order chi connectivity index (χ0) is 9.35. The van der Waals surface area contributed by atoms with Crippen molar-refractivity contribution in [2.24, 2.45) is 0 Å². The fourth-order valence-corrected chi connectivity index (χ4v) is 1.80. The van der Waals surface area contributed by atoms with Crippen LogP contribution in [-0.2, 0) is 4.79 Å². The van der Waals surface area contributed by atoms with E-state index < -0.39 is 0 Å². The van der Waals surface area contributed by atoms with Gasteiger partial charge in [-0.1, -0.05) is 0 Å². The van der Waals surface area contributed by atoms with Crippen molar-refractivity contribution in [3.8, 4) is 0 Å². The summed E-state index contributed by atoms with van der Waals surface area (Å²) >= 11 is 0. The van der Waals surface area contributed by atoms with E-state index in [2.05, 4.69) is 12.2 Å². The first-order chi connectivity index (χ1) is 5.47. The third-order valence-corrected chi connectivity index (χ3v) is 2.31. The highest BCUT2D eigenvalue weighted by molar-refractivity contribution is 5.86. The zero-order valence-electron chi connectivity index (χ0n) is 8.35. The Hall–Kier alpha value is -0.570. The molecule has 0 aromatic rings. The van der Waals surface area contributed by atoms with Crippen LogP contribution in [0.4, 0.5) is 0 Å². The van der Waals surface area contributed by atoms with Crippen molar-refractivity contribution in [2.45, 2.75) is 39.3 Å². The standard InChI is InChI=1S/C9H18N2O/c1-5-11-6-7(2)10-9(3,4)8(11)12/h7,10H,5-6H2,1-4H3. The summed E-state index contributed by atoms with van der Waals surface area (Å²) in [4.78, 5) is 13.6. The fraction of sp³-hybridized carbons (Fsp3) is 0.889. The van der Waals surface area contributed by atoms with Crippen LogP contribution >= 0.6 is 0 Å². The molecule has 1 heterocycles. The molecule has 70 valence electrons. The first kappa shape index (κ1) is 9.52. The predicted octanol–water partition coefficient (Wildman–Crippen LogP) is 0.605. The summed E-state index contributed by atoms with van der Waals surface area (Å²) < 4.78 is 0. The molecule has 1 atom stereocenters. The lowest BCUT2D eigenvalue weighted by molar-refractivity contribution is -0.140. The summed E-state index contributed by atoms with van der Waals surface area (Å²) in [5.74, 6) is 0.211. The Labute approximate surface area is 74.1 Å². The maximum atomic E-state index is 11.7. The molecule has 1 N–H and O–H groups in total. The van der Waals surface area contributed by atoms with Crippen molar-refractivity contribution in [3.63, 3.8) is 0 Å². The molecule has 12 heavy (non-hydrogen) atoms. The van der Waals surface area contributed by atoms with Crippen LogP contribution in [0.2, 0.25) is 0 Å². The molecule has 0 aromatic heterocycles. The summed E-state index contributed by atoms with van der Waals surface area (Å²) in [5, 5.41) is 3.28. The van der Waals surface area contributed by atoms with Crippen molar-refractivity contribution < 1.29 is 4.79 Å². The van der Waals surface area contributed by atoms with E-state index in [0.29, 0.717) is 6.04 Å². The topological polar surface area (TPSA) is 32.3 Å². The van der Waals surface area contributed by atoms with Crippen molar-refractivity contribution in [1.82, 2.24) is 10.2 Å². The van der Waals surface area contributed by atoms with Crippen LogP contribution in [0.3, 0.4) is 0 Å². The van der Waals surface area contributed by atoms with Gasteiger partial charge >= 0.3 is 0 Å². The van der Waals surface area contributed by atoms with Gasteiger partial charge in [0.05, 0.1) is 5.54 Å². The Morgan fingerprint density at radius 2 is 2.25 bits per heavy atom. The number of hydrogen-bond donors (Lipinski definition) is 1. The van der Waals surface area contributed by atoms with Crippen molar-refractivity contribution in [2.75, 3.05) is 13.1 Å². The normalized spacial score (nSPS) is 29.2. The van der Waals surface area contributed by atoms with E-state index in [-0.39, 0.29) is 11.4 Å². The van der Waals surface area contributed by atoms with Crippen molar-refractivity contribution in [1.29, 1.82) is 0 Å². The Balaban J connectivity index is 2.76. The monoisotopic (exact) mass is 170 g/mol. The maximum absolute atomic E-state index is 11.7. The molecule has 0 bridgehead atoms. The van der Waals surface area contributed by atoms with E-state index in [1.807, 2.05) is 25.7 Å². The molecule has 3 heteroatoms. The second kappa shape index (κ2) is 3.05. The lowest BCUT2D eigenvalue weighted by Crippen LogP contribution is -2.64. The van der Waals surface area contributed by atoms with E-state index in [0.717, 1.165) is 13.1 Å². The molecule has 3 nitrogen and oxygen atoms in total. The zero-order valence-corrected chi connectivity index (χ0v) is 8.35.